The number of amides is 1. The Kier molecular flexibility index (Phi) is 8.08. The topological polar surface area (TPSA) is 80.0 Å². The zero-order valence-electron chi connectivity index (χ0n) is 25.8. The highest BCUT2D eigenvalue weighted by atomic mass is 16.5. The number of fused-ring (bicyclic) bond motifs is 2. The summed E-state index contributed by atoms with van der Waals surface area (Å²) in [5, 5.41) is 11.8. The van der Waals surface area contributed by atoms with E-state index in [1.54, 1.807) is 0 Å². The van der Waals surface area contributed by atoms with Crippen LogP contribution in [0.4, 0.5) is 0 Å². The Balaban J connectivity index is 1.32. The summed E-state index contributed by atoms with van der Waals surface area (Å²) in [6.45, 7) is 16.3. The molecular formula is C35H45NO5. The molecule has 3 aromatic rings. The number of aryl methyl sites for hydroxylation is 2. The molecule has 1 saturated carbocycles. The first-order valence-electron chi connectivity index (χ1n) is 15.2. The van der Waals surface area contributed by atoms with Gasteiger partial charge in [-0.3, -0.25) is 4.79 Å². The molecule has 2 aromatic carbocycles. The molecule has 0 spiro atoms. The number of hydrogen-bond donors (Lipinski definition) is 1. The summed E-state index contributed by atoms with van der Waals surface area (Å²) in [6.07, 6.45) is 5.25. The minimum absolute atomic E-state index is 0.0450. The molecule has 2 heterocycles. The van der Waals surface area contributed by atoms with Gasteiger partial charge in [-0.05, 0) is 125 Å². The van der Waals surface area contributed by atoms with Gasteiger partial charge in [0.25, 0.3) is 0 Å². The molecule has 6 heteroatoms. The lowest BCUT2D eigenvalue weighted by molar-refractivity contribution is -0.143. The number of piperidine rings is 1. The molecule has 1 saturated heterocycles. The quantitative estimate of drug-likeness (QED) is 0.344. The van der Waals surface area contributed by atoms with Gasteiger partial charge in [-0.1, -0.05) is 12.8 Å². The number of ether oxygens (including phenoxy) is 1. The van der Waals surface area contributed by atoms with Gasteiger partial charge in [-0.25, -0.2) is 4.79 Å². The van der Waals surface area contributed by atoms with Crippen molar-refractivity contribution in [3.05, 3.63) is 72.6 Å². The zero-order chi connectivity index (χ0) is 29.6. The number of likely N-dealkylation sites (tertiary alicyclic amines) is 1. The molecule has 1 amide bonds. The molecule has 6 nitrogen and oxygen atoms in total. The van der Waals surface area contributed by atoms with Gasteiger partial charge in [0.05, 0.1) is 5.60 Å². The van der Waals surface area contributed by atoms with Gasteiger partial charge in [0.1, 0.15) is 17.9 Å². The van der Waals surface area contributed by atoms with Gasteiger partial charge >= 0.3 is 5.63 Å². The van der Waals surface area contributed by atoms with Crippen molar-refractivity contribution in [3.63, 3.8) is 0 Å². The maximum atomic E-state index is 13.1. The van der Waals surface area contributed by atoms with E-state index in [9.17, 15) is 14.7 Å². The summed E-state index contributed by atoms with van der Waals surface area (Å²) in [5.41, 5.74) is 9.38. The molecular weight excluding hydrogens is 514 g/mol. The van der Waals surface area contributed by atoms with Crippen LogP contribution in [0.3, 0.4) is 0 Å². The second-order valence-electron chi connectivity index (χ2n) is 12.6. The standard InChI is InChI=1S/C35H45NO5/c1-20-21(2)23(4)30(24(5)22(20)3)19-40-31-13-11-28-25(6)29(34(38)41-33(28)26(31)7)12-14-32(37)36-17-16-35(39)15-9-8-10-27(35)18-36/h11,13,27,39H,8-10,12,14-19H2,1-7H3/t27-,35+/m0/s1. The third-order valence-corrected chi connectivity index (χ3v) is 10.6. The molecule has 0 bridgehead atoms. The maximum Gasteiger partial charge on any atom is 0.339 e. The first kappa shape index (κ1) is 29.4. The fraction of sp³-hybridized carbons (Fsp3) is 0.543. The monoisotopic (exact) mass is 559 g/mol. The number of benzene rings is 2. The molecule has 2 fully saturated rings. The first-order valence-corrected chi connectivity index (χ1v) is 15.2. The van der Waals surface area contributed by atoms with Gasteiger partial charge in [0.15, 0.2) is 0 Å². The van der Waals surface area contributed by atoms with E-state index in [1.165, 1.54) is 33.4 Å². The molecule has 1 aliphatic carbocycles. The summed E-state index contributed by atoms with van der Waals surface area (Å²) in [4.78, 5) is 28.2. The minimum atomic E-state index is -0.610. The second-order valence-corrected chi connectivity index (χ2v) is 12.6. The summed E-state index contributed by atoms with van der Waals surface area (Å²) in [7, 11) is 0. The van der Waals surface area contributed by atoms with E-state index in [2.05, 4.69) is 34.6 Å². The number of nitrogens with zero attached hydrogens (tertiary/aromatic N) is 1. The van der Waals surface area contributed by atoms with Crippen LogP contribution in [0.2, 0.25) is 0 Å². The number of aliphatic hydroxyl groups is 1. The highest BCUT2D eigenvalue weighted by Gasteiger charge is 2.43. The third-order valence-electron chi connectivity index (χ3n) is 10.6. The van der Waals surface area contributed by atoms with Crippen LogP contribution >= 0.6 is 0 Å². The largest absolute Gasteiger partial charge is 0.488 e. The van der Waals surface area contributed by atoms with Crippen molar-refractivity contribution in [1.29, 1.82) is 0 Å². The fourth-order valence-electron chi connectivity index (χ4n) is 7.15. The summed E-state index contributed by atoms with van der Waals surface area (Å²) in [6, 6.07) is 3.92. The van der Waals surface area contributed by atoms with Gasteiger partial charge < -0.3 is 19.2 Å². The predicted octanol–water partition coefficient (Wildman–Crippen LogP) is 6.62. The average Bonchev–Trinajstić information content (AvgIpc) is 2.95. The Morgan fingerprint density at radius 2 is 1.61 bits per heavy atom. The maximum absolute atomic E-state index is 13.1. The van der Waals surface area contributed by atoms with E-state index in [-0.39, 0.29) is 23.9 Å². The molecule has 1 aromatic heterocycles. The lowest BCUT2D eigenvalue weighted by Crippen LogP contribution is -2.54. The zero-order valence-corrected chi connectivity index (χ0v) is 25.8. The van der Waals surface area contributed by atoms with Crippen molar-refractivity contribution in [2.24, 2.45) is 5.92 Å². The Morgan fingerprint density at radius 3 is 2.32 bits per heavy atom. The normalized spacial score (nSPS) is 20.8. The minimum Gasteiger partial charge on any atom is -0.488 e. The van der Waals surface area contributed by atoms with E-state index in [1.807, 2.05) is 30.9 Å². The Bertz CT molecular complexity index is 1540. The Hall–Kier alpha value is -3.12. The molecule has 1 N–H and O–H groups in total. The number of rotatable bonds is 6. The van der Waals surface area contributed by atoms with E-state index in [0.29, 0.717) is 49.4 Å². The van der Waals surface area contributed by atoms with Crippen molar-refractivity contribution in [1.82, 2.24) is 4.90 Å². The third kappa shape index (κ3) is 5.31. The van der Waals surface area contributed by atoms with Crippen LogP contribution < -0.4 is 10.4 Å². The SMILES string of the molecule is Cc1c(C)c(C)c(COc2ccc3c(C)c(CCC(=O)N4CC[C@]5(O)CCCC[C@H]5C4)c(=O)oc3c2C)c(C)c1C. The Morgan fingerprint density at radius 1 is 0.927 bits per heavy atom. The van der Waals surface area contributed by atoms with Crippen molar-refractivity contribution in [2.75, 3.05) is 13.1 Å². The average molecular weight is 560 g/mol. The molecule has 1 aliphatic heterocycles. The Labute approximate surface area is 243 Å². The molecule has 2 atom stereocenters. The van der Waals surface area contributed by atoms with Crippen LogP contribution in [0.25, 0.3) is 11.0 Å². The van der Waals surface area contributed by atoms with Crippen LogP contribution in [0.1, 0.15) is 88.6 Å². The lowest BCUT2D eigenvalue weighted by Gasteiger charge is -2.47. The number of hydrogen-bond acceptors (Lipinski definition) is 5. The first-order chi connectivity index (χ1) is 19.4. The molecule has 220 valence electrons. The van der Waals surface area contributed by atoms with Gasteiger partial charge in [-0.2, -0.15) is 0 Å². The molecule has 0 unspecified atom stereocenters. The molecule has 0 radical (unpaired) electrons. The number of carbonyl (C=O) groups is 1. The van der Waals surface area contributed by atoms with E-state index in [0.717, 1.165) is 42.2 Å². The van der Waals surface area contributed by atoms with Gasteiger partial charge in [0.2, 0.25) is 5.91 Å². The van der Waals surface area contributed by atoms with Crippen LogP contribution in [-0.2, 0) is 17.8 Å². The van der Waals surface area contributed by atoms with Crippen LogP contribution in [0.5, 0.6) is 5.75 Å². The highest BCUT2D eigenvalue weighted by Crippen LogP contribution is 2.40. The smallest absolute Gasteiger partial charge is 0.339 e. The fourth-order valence-corrected chi connectivity index (χ4v) is 7.15. The highest BCUT2D eigenvalue weighted by molar-refractivity contribution is 5.86. The van der Waals surface area contributed by atoms with Gasteiger partial charge in [-0.15, -0.1) is 0 Å². The van der Waals surface area contributed by atoms with E-state index < -0.39 is 5.60 Å². The summed E-state index contributed by atoms with van der Waals surface area (Å²) >= 11 is 0. The molecule has 41 heavy (non-hydrogen) atoms. The lowest BCUT2D eigenvalue weighted by atomic mass is 9.71. The van der Waals surface area contributed by atoms with Crippen molar-refractivity contribution >= 4 is 16.9 Å². The van der Waals surface area contributed by atoms with Crippen LogP contribution in [0, 0.1) is 54.4 Å². The van der Waals surface area contributed by atoms with Crippen molar-refractivity contribution in [2.45, 2.75) is 106 Å². The van der Waals surface area contributed by atoms with Gasteiger partial charge in [0, 0.05) is 41.9 Å². The van der Waals surface area contributed by atoms with Crippen molar-refractivity contribution in [3.8, 4) is 5.75 Å². The van der Waals surface area contributed by atoms with E-state index in [4.69, 9.17) is 9.15 Å². The predicted molar refractivity (Wildman–Crippen MR) is 163 cm³/mol. The number of carbonyl (C=O) groups excluding carboxylic acids is 1. The van der Waals surface area contributed by atoms with Crippen LogP contribution in [0.15, 0.2) is 21.3 Å². The van der Waals surface area contributed by atoms with Crippen LogP contribution in [-0.4, -0.2) is 34.6 Å². The van der Waals surface area contributed by atoms with E-state index >= 15 is 0 Å². The summed E-state index contributed by atoms with van der Waals surface area (Å²) in [5.74, 6) is 0.904. The summed E-state index contributed by atoms with van der Waals surface area (Å²) < 4.78 is 12.2. The molecule has 2 aliphatic rings. The molecule has 5 rings (SSSR count). The second kappa shape index (κ2) is 11.3. The van der Waals surface area contributed by atoms with Crippen molar-refractivity contribution < 1.29 is 19.1 Å².